The first kappa shape index (κ1) is 31.1. The average Bonchev–Trinajstić information content (AvgIpc) is 3.12. The van der Waals surface area contributed by atoms with Gasteiger partial charge in [0.05, 0.1) is 11.6 Å². The molecular formula is C44H49N. The van der Waals surface area contributed by atoms with Gasteiger partial charge in [-0.15, -0.1) is 0 Å². The smallest absolute Gasteiger partial charge is 0.0991 e. The second kappa shape index (κ2) is 15.4. The van der Waals surface area contributed by atoms with Crippen LogP contribution in [0.5, 0.6) is 0 Å². The van der Waals surface area contributed by atoms with Crippen molar-refractivity contribution in [2.75, 3.05) is 0 Å². The van der Waals surface area contributed by atoms with Crippen molar-refractivity contribution in [3.05, 3.63) is 125 Å². The highest BCUT2D eigenvalue weighted by molar-refractivity contribution is 5.66. The molecule has 0 heterocycles. The van der Waals surface area contributed by atoms with Gasteiger partial charge in [-0.05, 0) is 126 Å². The number of hydrogen-bond donors (Lipinski definition) is 0. The molecule has 0 N–H and O–H groups in total. The highest BCUT2D eigenvalue weighted by Crippen LogP contribution is 2.39. The maximum atomic E-state index is 9.05. The summed E-state index contributed by atoms with van der Waals surface area (Å²) in [5, 5.41) is 9.05. The molecule has 2 saturated carbocycles. The number of benzene rings is 4. The van der Waals surface area contributed by atoms with Crippen LogP contribution in [-0.4, -0.2) is 0 Å². The van der Waals surface area contributed by atoms with Crippen molar-refractivity contribution in [1.29, 1.82) is 5.26 Å². The first-order valence-corrected chi connectivity index (χ1v) is 17.7. The molecule has 1 heteroatoms. The van der Waals surface area contributed by atoms with Crippen LogP contribution in [0.4, 0.5) is 0 Å². The van der Waals surface area contributed by atoms with E-state index in [9.17, 15) is 0 Å². The van der Waals surface area contributed by atoms with Gasteiger partial charge in [-0.2, -0.15) is 5.26 Å². The first-order valence-electron chi connectivity index (χ1n) is 17.7. The lowest BCUT2D eigenvalue weighted by atomic mass is 9.77. The van der Waals surface area contributed by atoms with Gasteiger partial charge in [-0.25, -0.2) is 0 Å². The van der Waals surface area contributed by atoms with Crippen LogP contribution in [0, 0.1) is 23.2 Å². The van der Waals surface area contributed by atoms with Gasteiger partial charge in [0.25, 0.3) is 0 Å². The molecule has 0 radical (unpaired) electrons. The Morgan fingerprint density at radius 3 is 1.53 bits per heavy atom. The molecule has 2 fully saturated rings. The Labute approximate surface area is 272 Å². The summed E-state index contributed by atoms with van der Waals surface area (Å²) in [5.41, 5.74) is 10.0. The van der Waals surface area contributed by atoms with Gasteiger partial charge in [-0.3, -0.25) is 0 Å². The van der Waals surface area contributed by atoms with Crippen molar-refractivity contribution >= 4 is 6.08 Å². The van der Waals surface area contributed by atoms with Gasteiger partial charge in [0, 0.05) is 0 Å². The molecule has 45 heavy (non-hydrogen) atoms. The van der Waals surface area contributed by atoms with Crippen LogP contribution >= 0.6 is 0 Å². The number of rotatable bonds is 10. The van der Waals surface area contributed by atoms with Crippen LogP contribution in [0.25, 0.3) is 28.3 Å². The van der Waals surface area contributed by atoms with E-state index in [0.29, 0.717) is 17.4 Å². The maximum Gasteiger partial charge on any atom is 0.0991 e. The van der Waals surface area contributed by atoms with E-state index in [0.717, 1.165) is 11.8 Å². The van der Waals surface area contributed by atoms with E-state index in [1.807, 2.05) is 24.3 Å². The van der Waals surface area contributed by atoms with Crippen LogP contribution in [0.2, 0.25) is 0 Å². The minimum Gasteiger partial charge on any atom is -0.192 e. The fraction of sp³-hybridized carbons (Fsp3) is 0.386. The lowest BCUT2D eigenvalue weighted by Gasteiger charge is -2.29. The molecule has 0 aromatic heterocycles. The second-order valence-electron chi connectivity index (χ2n) is 13.7. The molecule has 0 atom stereocenters. The number of nitriles is 1. The van der Waals surface area contributed by atoms with Crippen LogP contribution in [0.1, 0.15) is 118 Å². The molecule has 0 saturated heterocycles. The minimum atomic E-state index is 0.654. The second-order valence-corrected chi connectivity index (χ2v) is 13.7. The SMILES string of the molecule is CCCCCC1CCC(c2ccc(-c3ccc(C=CC4CCC(c5ccc(-c6ccc(C#N)cc6)cc5)CC4)cc3)cc2)CC1. The van der Waals surface area contributed by atoms with Gasteiger partial charge < -0.3 is 0 Å². The van der Waals surface area contributed by atoms with Crippen molar-refractivity contribution in [2.24, 2.45) is 11.8 Å². The Hall–Kier alpha value is -3.89. The molecule has 0 aliphatic heterocycles. The zero-order chi connectivity index (χ0) is 30.8. The van der Waals surface area contributed by atoms with Gasteiger partial charge in [0.1, 0.15) is 0 Å². The summed E-state index contributed by atoms with van der Waals surface area (Å²) >= 11 is 0. The molecule has 2 aliphatic rings. The zero-order valence-corrected chi connectivity index (χ0v) is 27.1. The number of allylic oxidation sites excluding steroid dienone is 1. The largest absolute Gasteiger partial charge is 0.192 e. The Morgan fingerprint density at radius 2 is 1.04 bits per heavy atom. The Bertz CT molecular complexity index is 1540. The summed E-state index contributed by atoms with van der Waals surface area (Å²) in [6.07, 6.45) is 21.0. The number of nitrogens with zero attached hydrogens (tertiary/aromatic N) is 1. The summed E-state index contributed by atoms with van der Waals surface area (Å²) in [4.78, 5) is 0. The van der Waals surface area contributed by atoms with Crippen molar-refractivity contribution in [2.45, 2.75) is 95.8 Å². The lowest BCUT2D eigenvalue weighted by molar-refractivity contribution is 0.303. The molecule has 2 aliphatic carbocycles. The summed E-state index contributed by atoms with van der Waals surface area (Å²) in [5.74, 6) is 3.05. The Morgan fingerprint density at radius 1 is 0.578 bits per heavy atom. The normalized spacial score (nSPS) is 21.9. The molecule has 0 bridgehead atoms. The summed E-state index contributed by atoms with van der Waals surface area (Å²) in [7, 11) is 0. The van der Waals surface area contributed by atoms with E-state index >= 15 is 0 Å². The molecule has 4 aromatic rings. The predicted molar refractivity (Wildman–Crippen MR) is 191 cm³/mol. The molecule has 0 unspecified atom stereocenters. The number of unbranched alkanes of at least 4 members (excludes halogenated alkanes) is 2. The molecule has 0 spiro atoms. The van der Waals surface area contributed by atoms with E-state index in [2.05, 4.69) is 97.9 Å². The average molecular weight is 592 g/mol. The molecular weight excluding hydrogens is 542 g/mol. The third-order valence-corrected chi connectivity index (χ3v) is 10.8. The highest BCUT2D eigenvalue weighted by Gasteiger charge is 2.22. The van der Waals surface area contributed by atoms with Gasteiger partial charge in [0.2, 0.25) is 0 Å². The van der Waals surface area contributed by atoms with Gasteiger partial charge >= 0.3 is 0 Å². The van der Waals surface area contributed by atoms with Crippen LogP contribution in [-0.2, 0) is 0 Å². The monoisotopic (exact) mass is 591 g/mol. The molecule has 6 rings (SSSR count). The third kappa shape index (κ3) is 8.23. The zero-order valence-electron chi connectivity index (χ0n) is 27.1. The Balaban J connectivity index is 0.962. The van der Waals surface area contributed by atoms with Crippen molar-refractivity contribution < 1.29 is 0 Å². The first-order chi connectivity index (χ1) is 22.2. The van der Waals surface area contributed by atoms with Crippen molar-refractivity contribution in [3.63, 3.8) is 0 Å². The topological polar surface area (TPSA) is 23.8 Å². The summed E-state index contributed by atoms with van der Waals surface area (Å²) < 4.78 is 0. The van der Waals surface area contributed by atoms with E-state index in [1.54, 1.807) is 5.56 Å². The fourth-order valence-corrected chi connectivity index (χ4v) is 7.78. The van der Waals surface area contributed by atoms with Crippen molar-refractivity contribution in [3.8, 4) is 28.3 Å². The van der Waals surface area contributed by atoms with Crippen LogP contribution in [0.3, 0.4) is 0 Å². The Kier molecular flexibility index (Phi) is 10.6. The standard InChI is InChI=1S/C44H49N/c1-2-3-4-5-33-8-16-37(17-9-33)41-24-26-42(27-25-41)38-18-10-34(11-19-38)6-7-35-12-20-39(21-13-35)43-28-30-44(31-29-43)40-22-14-36(32-45)15-23-40/h6-7,10-11,14-15,18-19,22-31,33,35,37,39H,2-5,8-9,12-13,16-17,20-21H2,1H3. The molecule has 0 amide bonds. The molecule has 4 aromatic carbocycles. The van der Waals surface area contributed by atoms with E-state index in [-0.39, 0.29) is 0 Å². The minimum absolute atomic E-state index is 0.654. The van der Waals surface area contributed by atoms with E-state index in [4.69, 9.17) is 5.26 Å². The highest BCUT2D eigenvalue weighted by atomic mass is 14.3. The molecule has 230 valence electrons. The van der Waals surface area contributed by atoms with Gasteiger partial charge in [0.15, 0.2) is 0 Å². The van der Waals surface area contributed by atoms with Gasteiger partial charge in [-0.1, -0.05) is 130 Å². The third-order valence-electron chi connectivity index (χ3n) is 10.8. The van der Waals surface area contributed by atoms with Crippen molar-refractivity contribution in [1.82, 2.24) is 0 Å². The lowest BCUT2D eigenvalue weighted by Crippen LogP contribution is -2.13. The van der Waals surface area contributed by atoms with Crippen LogP contribution in [0.15, 0.2) is 103 Å². The predicted octanol–water partition coefficient (Wildman–Crippen LogP) is 12.7. The quantitative estimate of drug-likeness (QED) is 0.168. The summed E-state index contributed by atoms with van der Waals surface area (Å²) in [6, 6.07) is 37.8. The van der Waals surface area contributed by atoms with E-state index in [1.165, 1.54) is 110 Å². The maximum absolute atomic E-state index is 9.05. The fourth-order valence-electron chi connectivity index (χ4n) is 7.78. The summed E-state index contributed by atoms with van der Waals surface area (Å²) in [6.45, 7) is 2.31. The van der Waals surface area contributed by atoms with Crippen LogP contribution < -0.4 is 0 Å². The number of hydrogen-bond acceptors (Lipinski definition) is 1. The molecule has 1 nitrogen and oxygen atoms in total. The van der Waals surface area contributed by atoms with E-state index < -0.39 is 0 Å².